The van der Waals surface area contributed by atoms with Crippen LogP contribution in [0.3, 0.4) is 0 Å². The highest BCUT2D eigenvalue weighted by Crippen LogP contribution is 2.29. The maximum absolute atomic E-state index is 13.3. The molecule has 0 radical (unpaired) electrons. The zero-order valence-corrected chi connectivity index (χ0v) is 11.6. The van der Waals surface area contributed by atoms with Crippen LogP contribution in [0, 0.1) is 5.82 Å². The van der Waals surface area contributed by atoms with Gasteiger partial charge >= 0.3 is 0 Å². The largest absolute Gasteiger partial charge is 0.360 e. The number of hydrogen-bond acceptors (Lipinski definition) is 1. The number of hydrogen-bond donors (Lipinski definition) is 1. The van der Waals surface area contributed by atoms with Crippen molar-refractivity contribution in [2.24, 2.45) is 0 Å². The molecule has 3 aromatic rings. The van der Waals surface area contributed by atoms with Crippen LogP contribution in [0.15, 0.2) is 42.6 Å². The Morgan fingerprint density at radius 2 is 1.80 bits per heavy atom. The molecule has 0 aliphatic rings. The molecule has 100 valence electrons. The molecule has 5 heteroatoms. The lowest BCUT2D eigenvalue weighted by molar-refractivity contribution is 0.104. The van der Waals surface area contributed by atoms with Gasteiger partial charge in [-0.05, 0) is 30.3 Å². The van der Waals surface area contributed by atoms with Gasteiger partial charge in [-0.3, -0.25) is 4.79 Å². The second-order valence-electron chi connectivity index (χ2n) is 4.32. The van der Waals surface area contributed by atoms with Crippen LogP contribution in [0.2, 0.25) is 10.0 Å². The van der Waals surface area contributed by atoms with Crippen LogP contribution in [-0.2, 0) is 0 Å². The number of benzene rings is 2. The zero-order valence-electron chi connectivity index (χ0n) is 10.1. The molecule has 0 saturated carbocycles. The molecular formula is C15H8Cl2FNO. The first-order valence-electron chi connectivity index (χ1n) is 5.83. The Hall–Kier alpha value is -1.84. The van der Waals surface area contributed by atoms with Gasteiger partial charge in [-0.25, -0.2) is 4.39 Å². The Bertz CT molecular complexity index is 806. The van der Waals surface area contributed by atoms with Gasteiger partial charge in [0.15, 0.2) is 5.78 Å². The van der Waals surface area contributed by atoms with Crippen molar-refractivity contribution < 1.29 is 9.18 Å². The van der Waals surface area contributed by atoms with Crippen molar-refractivity contribution in [3.63, 3.8) is 0 Å². The Labute approximate surface area is 124 Å². The standard InChI is InChI=1S/C15H8Cl2FNO/c16-11-2-1-3-12(17)14(11)15(20)10-7-19-13-5-4-8(18)6-9(10)13/h1-7,19H. The Kier molecular flexibility index (Phi) is 3.24. The first-order valence-corrected chi connectivity index (χ1v) is 6.59. The number of nitrogens with one attached hydrogen (secondary N) is 1. The van der Waals surface area contributed by atoms with Gasteiger partial charge in [0, 0.05) is 22.7 Å². The van der Waals surface area contributed by atoms with E-state index in [9.17, 15) is 9.18 Å². The van der Waals surface area contributed by atoms with E-state index in [1.165, 1.54) is 18.3 Å². The summed E-state index contributed by atoms with van der Waals surface area (Å²) >= 11 is 12.1. The third-order valence-corrected chi connectivity index (χ3v) is 3.71. The van der Waals surface area contributed by atoms with E-state index >= 15 is 0 Å². The number of aromatic nitrogens is 1. The van der Waals surface area contributed by atoms with E-state index in [0.29, 0.717) is 16.5 Å². The Balaban J connectivity index is 2.21. The average Bonchev–Trinajstić information content (AvgIpc) is 2.81. The molecule has 1 N–H and O–H groups in total. The highest BCUT2D eigenvalue weighted by molar-refractivity contribution is 6.41. The van der Waals surface area contributed by atoms with E-state index in [2.05, 4.69) is 4.98 Å². The third-order valence-electron chi connectivity index (χ3n) is 3.08. The predicted molar refractivity (Wildman–Crippen MR) is 78.2 cm³/mol. The van der Waals surface area contributed by atoms with Crippen molar-refractivity contribution in [1.29, 1.82) is 0 Å². The fourth-order valence-corrected chi connectivity index (χ4v) is 2.70. The molecule has 2 nitrogen and oxygen atoms in total. The summed E-state index contributed by atoms with van der Waals surface area (Å²) in [6.07, 6.45) is 1.53. The molecular weight excluding hydrogens is 300 g/mol. The van der Waals surface area contributed by atoms with Gasteiger partial charge in [-0.2, -0.15) is 0 Å². The second-order valence-corrected chi connectivity index (χ2v) is 5.13. The Morgan fingerprint density at radius 1 is 1.10 bits per heavy atom. The summed E-state index contributed by atoms with van der Waals surface area (Å²) in [5.74, 6) is -0.742. The van der Waals surface area contributed by atoms with Crippen molar-refractivity contribution in [2.75, 3.05) is 0 Å². The monoisotopic (exact) mass is 307 g/mol. The van der Waals surface area contributed by atoms with E-state index in [4.69, 9.17) is 23.2 Å². The van der Waals surface area contributed by atoms with Crippen molar-refractivity contribution >= 4 is 39.9 Å². The molecule has 1 aromatic heterocycles. The van der Waals surface area contributed by atoms with Gasteiger partial charge in [0.25, 0.3) is 0 Å². The molecule has 3 rings (SSSR count). The molecule has 0 amide bonds. The predicted octanol–water partition coefficient (Wildman–Crippen LogP) is 4.84. The minimum Gasteiger partial charge on any atom is -0.360 e. The van der Waals surface area contributed by atoms with E-state index in [1.807, 2.05) is 0 Å². The van der Waals surface area contributed by atoms with Crippen LogP contribution in [0.4, 0.5) is 4.39 Å². The molecule has 0 unspecified atom stereocenters. The summed E-state index contributed by atoms with van der Waals surface area (Å²) in [4.78, 5) is 15.5. The van der Waals surface area contributed by atoms with Gasteiger partial charge in [-0.1, -0.05) is 29.3 Å². The smallest absolute Gasteiger partial charge is 0.198 e. The van der Waals surface area contributed by atoms with E-state index in [1.54, 1.807) is 24.3 Å². The molecule has 0 saturated heterocycles. The number of carbonyl (C=O) groups excluding carboxylic acids is 1. The fraction of sp³-hybridized carbons (Fsp3) is 0. The van der Waals surface area contributed by atoms with Crippen molar-refractivity contribution in [3.8, 4) is 0 Å². The van der Waals surface area contributed by atoms with Crippen LogP contribution < -0.4 is 0 Å². The summed E-state index contributed by atoms with van der Waals surface area (Å²) in [6, 6.07) is 9.07. The average molecular weight is 308 g/mol. The van der Waals surface area contributed by atoms with Crippen LogP contribution in [-0.4, -0.2) is 10.8 Å². The normalized spacial score (nSPS) is 10.9. The van der Waals surface area contributed by atoms with Gasteiger partial charge in [0.05, 0.1) is 15.6 Å². The van der Waals surface area contributed by atoms with Crippen LogP contribution in [0.25, 0.3) is 10.9 Å². The lowest BCUT2D eigenvalue weighted by atomic mass is 10.0. The quantitative estimate of drug-likeness (QED) is 0.675. The fourth-order valence-electron chi connectivity index (χ4n) is 2.13. The van der Waals surface area contributed by atoms with Gasteiger partial charge in [0.1, 0.15) is 5.82 Å². The molecule has 0 spiro atoms. The molecule has 0 aliphatic carbocycles. The molecule has 2 aromatic carbocycles. The summed E-state index contributed by atoms with van der Waals surface area (Å²) in [6.45, 7) is 0. The maximum Gasteiger partial charge on any atom is 0.198 e. The number of fused-ring (bicyclic) bond motifs is 1. The highest BCUT2D eigenvalue weighted by Gasteiger charge is 2.19. The first-order chi connectivity index (χ1) is 9.58. The zero-order chi connectivity index (χ0) is 14.3. The minimum absolute atomic E-state index is 0.223. The van der Waals surface area contributed by atoms with Crippen LogP contribution in [0.5, 0.6) is 0 Å². The summed E-state index contributed by atoms with van der Waals surface area (Å²) < 4.78 is 13.3. The minimum atomic E-state index is -0.406. The lowest BCUT2D eigenvalue weighted by Gasteiger charge is -2.05. The van der Waals surface area contributed by atoms with Crippen molar-refractivity contribution in [2.45, 2.75) is 0 Å². The second kappa shape index (κ2) is 4.93. The lowest BCUT2D eigenvalue weighted by Crippen LogP contribution is -2.02. The van der Waals surface area contributed by atoms with Crippen molar-refractivity contribution in [1.82, 2.24) is 4.98 Å². The third kappa shape index (κ3) is 2.09. The molecule has 20 heavy (non-hydrogen) atoms. The first kappa shape index (κ1) is 13.2. The van der Waals surface area contributed by atoms with Gasteiger partial charge < -0.3 is 4.98 Å². The SMILES string of the molecule is O=C(c1c(Cl)cccc1Cl)c1c[nH]c2ccc(F)cc12. The highest BCUT2D eigenvalue weighted by atomic mass is 35.5. The van der Waals surface area contributed by atoms with Gasteiger partial charge in [-0.15, -0.1) is 0 Å². The molecule has 0 aliphatic heterocycles. The maximum atomic E-state index is 13.3. The molecule has 0 bridgehead atoms. The van der Waals surface area contributed by atoms with E-state index < -0.39 is 5.82 Å². The summed E-state index contributed by atoms with van der Waals surface area (Å²) in [5, 5.41) is 1.05. The molecule has 0 fully saturated rings. The summed E-state index contributed by atoms with van der Waals surface area (Å²) in [5.41, 5.74) is 1.24. The molecule has 1 heterocycles. The topological polar surface area (TPSA) is 32.9 Å². The number of ketones is 1. The number of carbonyl (C=O) groups is 1. The van der Waals surface area contributed by atoms with Crippen LogP contribution in [0.1, 0.15) is 15.9 Å². The number of halogens is 3. The molecule has 0 atom stereocenters. The van der Waals surface area contributed by atoms with Crippen molar-refractivity contribution in [3.05, 3.63) is 69.6 Å². The van der Waals surface area contributed by atoms with Gasteiger partial charge in [0.2, 0.25) is 0 Å². The van der Waals surface area contributed by atoms with E-state index in [-0.39, 0.29) is 21.4 Å². The van der Waals surface area contributed by atoms with Crippen LogP contribution >= 0.6 is 23.2 Å². The Morgan fingerprint density at radius 3 is 2.50 bits per heavy atom. The van der Waals surface area contributed by atoms with E-state index in [0.717, 1.165) is 0 Å². The number of H-pyrrole nitrogens is 1. The number of aromatic amines is 1. The number of rotatable bonds is 2. The summed E-state index contributed by atoms with van der Waals surface area (Å²) in [7, 11) is 0.